The molecule has 1 aromatic rings. The van der Waals surface area contributed by atoms with Gasteiger partial charge in [-0.25, -0.2) is 8.42 Å². The summed E-state index contributed by atoms with van der Waals surface area (Å²) in [4.78, 5) is 2.13. The number of anilines is 2. The van der Waals surface area contributed by atoms with Crippen molar-refractivity contribution in [3.63, 3.8) is 0 Å². The highest BCUT2D eigenvalue weighted by atomic mass is 32.2. The lowest BCUT2D eigenvalue weighted by Crippen LogP contribution is -2.40. The highest BCUT2D eigenvalue weighted by Crippen LogP contribution is 2.31. The maximum Gasteiger partial charge on any atom is 0.150 e. The van der Waals surface area contributed by atoms with E-state index in [1.165, 1.54) is 6.26 Å². The van der Waals surface area contributed by atoms with Crippen molar-refractivity contribution in [3.05, 3.63) is 24.3 Å². The summed E-state index contributed by atoms with van der Waals surface area (Å²) in [5.74, 6) is 0. The largest absolute Gasteiger partial charge is 0.397 e. The maximum absolute atomic E-state index is 11.7. The van der Waals surface area contributed by atoms with Crippen molar-refractivity contribution in [2.75, 3.05) is 23.9 Å². The topological polar surface area (TPSA) is 63.4 Å². The molecule has 1 saturated carbocycles. The zero-order valence-electron chi connectivity index (χ0n) is 11.5. The summed E-state index contributed by atoms with van der Waals surface area (Å²) in [5.41, 5.74) is 7.72. The van der Waals surface area contributed by atoms with E-state index in [0.717, 1.165) is 30.6 Å². The number of para-hydroxylation sites is 2. The van der Waals surface area contributed by atoms with Gasteiger partial charge in [0.1, 0.15) is 9.84 Å². The molecule has 2 N–H and O–H groups in total. The molecule has 0 heterocycles. The second-order valence-electron chi connectivity index (χ2n) is 5.44. The molecule has 1 aromatic carbocycles. The maximum atomic E-state index is 11.7. The molecular formula is C14H22N2O2S. The zero-order valence-corrected chi connectivity index (χ0v) is 12.4. The fourth-order valence-corrected chi connectivity index (χ4v) is 4.03. The molecule has 2 unspecified atom stereocenters. The van der Waals surface area contributed by atoms with Crippen molar-refractivity contribution in [3.8, 4) is 0 Å². The van der Waals surface area contributed by atoms with Crippen LogP contribution >= 0.6 is 0 Å². The molecule has 1 fully saturated rings. The van der Waals surface area contributed by atoms with Crippen molar-refractivity contribution in [1.29, 1.82) is 0 Å². The fourth-order valence-electron chi connectivity index (χ4n) is 2.87. The number of sulfone groups is 1. The van der Waals surface area contributed by atoms with Gasteiger partial charge in [0.15, 0.2) is 0 Å². The molecule has 0 saturated heterocycles. The monoisotopic (exact) mass is 282 g/mol. The van der Waals surface area contributed by atoms with E-state index in [4.69, 9.17) is 5.73 Å². The highest BCUT2D eigenvalue weighted by Gasteiger charge is 2.31. The van der Waals surface area contributed by atoms with Gasteiger partial charge in [0.05, 0.1) is 16.6 Å². The predicted molar refractivity (Wildman–Crippen MR) is 80.1 cm³/mol. The van der Waals surface area contributed by atoms with Gasteiger partial charge in [0.2, 0.25) is 0 Å². The number of benzene rings is 1. The van der Waals surface area contributed by atoms with Crippen LogP contribution in [-0.4, -0.2) is 33.0 Å². The standard InChI is InChI=1S/C14H22N2O2S/c1-16(14-9-4-3-8-13(14)15)11-6-5-7-12(10-11)19(2,17)18/h3-4,8-9,11-12H,5-7,10,15H2,1-2H3. The van der Waals surface area contributed by atoms with Gasteiger partial charge in [-0.1, -0.05) is 18.6 Å². The number of nitrogen functional groups attached to an aromatic ring is 1. The first-order valence-corrected chi connectivity index (χ1v) is 8.61. The van der Waals surface area contributed by atoms with Crippen LogP contribution in [0.1, 0.15) is 25.7 Å². The summed E-state index contributed by atoms with van der Waals surface area (Å²) in [6.07, 6.45) is 4.81. The Balaban J connectivity index is 2.16. The number of nitrogens with zero attached hydrogens (tertiary/aromatic N) is 1. The molecule has 2 atom stereocenters. The van der Waals surface area contributed by atoms with Crippen molar-refractivity contribution < 1.29 is 8.42 Å². The van der Waals surface area contributed by atoms with Crippen LogP contribution in [-0.2, 0) is 9.84 Å². The molecular weight excluding hydrogens is 260 g/mol. The van der Waals surface area contributed by atoms with E-state index in [2.05, 4.69) is 4.90 Å². The Kier molecular flexibility index (Phi) is 4.04. The average molecular weight is 282 g/mol. The van der Waals surface area contributed by atoms with Crippen LogP contribution < -0.4 is 10.6 Å². The molecule has 0 aliphatic heterocycles. The van der Waals surface area contributed by atoms with Crippen LogP contribution in [0.5, 0.6) is 0 Å². The third kappa shape index (κ3) is 3.21. The first-order valence-electron chi connectivity index (χ1n) is 6.66. The third-order valence-corrected chi connectivity index (χ3v) is 5.71. The van der Waals surface area contributed by atoms with Crippen molar-refractivity contribution in [1.82, 2.24) is 0 Å². The van der Waals surface area contributed by atoms with Gasteiger partial charge in [0, 0.05) is 19.3 Å². The van der Waals surface area contributed by atoms with E-state index in [1.54, 1.807) is 0 Å². The molecule has 0 radical (unpaired) electrons. The molecule has 1 aliphatic rings. The molecule has 5 heteroatoms. The summed E-state index contributed by atoms with van der Waals surface area (Å²) in [6.45, 7) is 0. The van der Waals surface area contributed by atoms with Crippen LogP contribution in [0.3, 0.4) is 0 Å². The van der Waals surface area contributed by atoms with E-state index >= 15 is 0 Å². The Morgan fingerprint density at radius 3 is 2.58 bits per heavy atom. The van der Waals surface area contributed by atoms with Gasteiger partial charge >= 0.3 is 0 Å². The van der Waals surface area contributed by atoms with Gasteiger partial charge in [-0.05, 0) is 31.4 Å². The molecule has 19 heavy (non-hydrogen) atoms. The van der Waals surface area contributed by atoms with E-state index in [9.17, 15) is 8.42 Å². The predicted octanol–water partition coefficient (Wildman–Crippen LogP) is 2.06. The number of hydrogen-bond donors (Lipinski definition) is 1. The molecule has 0 spiro atoms. The second kappa shape index (κ2) is 5.41. The van der Waals surface area contributed by atoms with E-state index < -0.39 is 9.84 Å². The van der Waals surface area contributed by atoms with E-state index in [-0.39, 0.29) is 11.3 Å². The van der Waals surface area contributed by atoms with E-state index in [1.807, 2.05) is 31.3 Å². The summed E-state index contributed by atoms with van der Waals surface area (Å²) in [7, 11) is -0.942. The van der Waals surface area contributed by atoms with E-state index in [0.29, 0.717) is 6.42 Å². The van der Waals surface area contributed by atoms with Gasteiger partial charge in [-0.2, -0.15) is 0 Å². The summed E-state index contributed by atoms with van der Waals surface area (Å²) < 4.78 is 23.4. The molecule has 2 rings (SSSR count). The van der Waals surface area contributed by atoms with Crippen LogP contribution in [0.2, 0.25) is 0 Å². The molecule has 0 aromatic heterocycles. The average Bonchev–Trinajstić information content (AvgIpc) is 2.38. The van der Waals surface area contributed by atoms with Crippen molar-refractivity contribution in [2.24, 2.45) is 0 Å². The van der Waals surface area contributed by atoms with Gasteiger partial charge in [-0.3, -0.25) is 0 Å². The Labute approximate surface area is 115 Å². The zero-order chi connectivity index (χ0) is 14.0. The quantitative estimate of drug-likeness (QED) is 0.862. The molecule has 4 nitrogen and oxygen atoms in total. The Bertz CT molecular complexity index is 542. The summed E-state index contributed by atoms with van der Waals surface area (Å²) in [6, 6.07) is 7.98. The lowest BCUT2D eigenvalue weighted by Gasteiger charge is -2.36. The highest BCUT2D eigenvalue weighted by molar-refractivity contribution is 7.91. The molecule has 0 amide bonds. The third-order valence-electron chi connectivity index (χ3n) is 4.07. The molecule has 0 bridgehead atoms. The lowest BCUT2D eigenvalue weighted by molar-refractivity contribution is 0.422. The smallest absolute Gasteiger partial charge is 0.150 e. The number of nitrogens with two attached hydrogens (primary N) is 1. The van der Waals surface area contributed by atoms with Gasteiger partial charge in [0.25, 0.3) is 0 Å². The Hall–Kier alpha value is -1.23. The van der Waals surface area contributed by atoms with Crippen molar-refractivity contribution in [2.45, 2.75) is 37.0 Å². The minimum Gasteiger partial charge on any atom is -0.397 e. The number of hydrogen-bond acceptors (Lipinski definition) is 4. The van der Waals surface area contributed by atoms with Crippen LogP contribution in [0.25, 0.3) is 0 Å². The van der Waals surface area contributed by atoms with Gasteiger partial charge in [-0.15, -0.1) is 0 Å². The summed E-state index contributed by atoms with van der Waals surface area (Å²) in [5, 5.41) is -0.210. The number of rotatable bonds is 3. The van der Waals surface area contributed by atoms with Crippen LogP contribution in [0, 0.1) is 0 Å². The molecule has 1 aliphatic carbocycles. The van der Waals surface area contributed by atoms with Crippen molar-refractivity contribution >= 4 is 21.2 Å². The Morgan fingerprint density at radius 1 is 1.26 bits per heavy atom. The summed E-state index contributed by atoms with van der Waals surface area (Å²) >= 11 is 0. The van der Waals surface area contributed by atoms with Gasteiger partial charge < -0.3 is 10.6 Å². The first-order chi connectivity index (χ1) is 8.89. The van der Waals surface area contributed by atoms with Crippen LogP contribution in [0.15, 0.2) is 24.3 Å². The fraction of sp³-hybridized carbons (Fsp3) is 0.571. The SMILES string of the molecule is CN(c1ccccc1N)C1CCCC(S(C)(=O)=O)C1. The minimum atomic E-state index is -2.94. The lowest BCUT2D eigenvalue weighted by atomic mass is 9.93. The minimum absolute atomic E-state index is 0.210. The van der Waals surface area contributed by atoms with Crippen LogP contribution in [0.4, 0.5) is 11.4 Å². The molecule has 106 valence electrons. The first kappa shape index (κ1) is 14.2. The second-order valence-corrected chi connectivity index (χ2v) is 7.77. The normalized spacial score (nSPS) is 24.1. The Morgan fingerprint density at radius 2 is 1.95 bits per heavy atom.